The van der Waals surface area contributed by atoms with Crippen molar-refractivity contribution in [2.24, 2.45) is 0 Å². The van der Waals surface area contributed by atoms with Gasteiger partial charge in [-0.25, -0.2) is 9.97 Å². The number of rotatable bonds is 4. The quantitative estimate of drug-likeness (QED) is 0.772. The maximum Gasteiger partial charge on any atom is 0.417 e. The predicted octanol–water partition coefficient (Wildman–Crippen LogP) is 3.41. The zero-order chi connectivity index (χ0) is 18.0. The molecule has 0 aromatic carbocycles. The molecule has 2 aromatic heterocycles. The SMILES string of the molecule is OCc1nc(Br)ccc1N1CC[C@H](Oc2ccc(C(F)(F)F)cn2)C1. The summed E-state index contributed by atoms with van der Waals surface area (Å²) in [6, 6.07) is 5.84. The van der Waals surface area contributed by atoms with Gasteiger partial charge in [0.15, 0.2) is 0 Å². The van der Waals surface area contributed by atoms with E-state index < -0.39 is 11.7 Å². The van der Waals surface area contributed by atoms with Gasteiger partial charge in [0, 0.05) is 25.2 Å². The van der Waals surface area contributed by atoms with Gasteiger partial charge in [0.1, 0.15) is 10.7 Å². The van der Waals surface area contributed by atoms with Crippen LogP contribution in [0.1, 0.15) is 17.7 Å². The topological polar surface area (TPSA) is 58.5 Å². The van der Waals surface area contributed by atoms with Crippen molar-refractivity contribution in [3.8, 4) is 5.88 Å². The molecule has 0 amide bonds. The van der Waals surface area contributed by atoms with Crippen molar-refractivity contribution in [1.82, 2.24) is 9.97 Å². The van der Waals surface area contributed by atoms with Crippen LogP contribution in [0.3, 0.4) is 0 Å². The molecule has 0 bridgehead atoms. The molecule has 1 atom stereocenters. The summed E-state index contributed by atoms with van der Waals surface area (Å²) >= 11 is 3.27. The number of alkyl halides is 3. The number of ether oxygens (including phenoxy) is 1. The third kappa shape index (κ3) is 4.21. The normalized spacial score (nSPS) is 17.8. The average Bonchev–Trinajstić information content (AvgIpc) is 3.02. The maximum atomic E-state index is 12.5. The molecule has 0 radical (unpaired) electrons. The Morgan fingerprint density at radius 3 is 2.72 bits per heavy atom. The summed E-state index contributed by atoms with van der Waals surface area (Å²) in [6.45, 7) is 1.05. The number of pyridine rings is 2. The van der Waals surface area contributed by atoms with E-state index in [-0.39, 0.29) is 18.6 Å². The average molecular weight is 418 g/mol. The van der Waals surface area contributed by atoms with E-state index in [9.17, 15) is 18.3 Å². The van der Waals surface area contributed by atoms with Crippen LogP contribution < -0.4 is 9.64 Å². The second-order valence-corrected chi connectivity index (χ2v) is 6.43. The van der Waals surface area contributed by atoms with Gasteiger partial charge in [-0.05, 0) is 34.1 Å². The Morgan fingerprint density at radius 2 is 2.08 bits per heavy atom. The molecule has 1 aliphatic rings. The molecule has 1 N–H and O–H groups in total. The lowest BCUT2D eigenvalue weighted by atomic mass is 10.3. The zero-order valence-corrected chi connectivity index (χ0v) is 14.6. The van der Waals surface area contributed by atoms with Gasteiger partial charge in [0.05, 0.1) is 30.1 Å². The van der Waals surface area contributed by atoms with Crippen molar-refractivity contribution >= 4 is 21.6 Å². The van der Waals surface area contributed by atoms with Crippen molar-refractivity contribution in [1.29, 1.82) is 0 Å². The van der Waals surface area contributed by atoms with E-state index in [0.717, 1.165) is 18.0 Å². The third-order valence-corrected chi connectivity index (χ3v) is 4.34. The first-order valence-corrected chi connectivity index (χ1v) is 8.37. The first-order chi connectivity index (χ1) is 11.9. The molecular formula is C16H15BrF3N3O2. The highest BCUT2D eigenvalue weighted by atomic mass is 79.9. The Balaban J connectivity index is 1.65. The summed E-state index contributed by atoms with van der Waals surface area (Å²) in [5, 5.41) is 9.45. The van der Waals surface area contributed by atoms with Gasteiger partial charge in [-0.15, -0.1) is 0 Å². The number of aliphatic hydroxyl groups is 1. The zero-order valence-electron chi connectivity index (χ0n) is 13.0. The van der Waals surface area contributed by atoms with Gasteiger partial charge in [-0.3, -0.25) is 0 Å². The largest absolute Gasteiger partial charge is 0.472 e. The highest BCUT2D eigenvalue weighted by Crippen LogP contribution is 2.30. The molecule has 1 fully saturated rings. The van der Waals surface area contributed by atoms with Crippen LogP contribution in [-0.4, -0.2) is 34.3 Å². The summed E-state index contributed by atoms with van der Waals surface area (Å²) in [7, 11) is 0. The number of aliphatic hydroxyl groups excluding tert-OH is 1. The highest BCUT2D eigenvalue weighted by molar-refractivity contribution is 9.10. The van der Waals surface area contributed by atoms with Gasteiger partial charge in [0.2, 0.25) is 5.88 Å². The lowest BCUT2D eigenvalue weighted by Crippen LogP contribution is -2.26. The molecule has 1 saturated heterocycles. The number of hydrogen-bond donors (Lipinski definition) is 1. The Bertz CT molecular complexity index is 740. The highest BCUT2D eigenvalue weighted by Gasteiger charge is 2.31. The molecule has 1 aliphatic heterocycles. The molecule has 5 nitrogen and oxygen atoms in total. The smallest absolute Gasteiger partial charge is 0.417 e. The van der Waals surface area contributed by atoms with Gasteiger partial charge in [-0.2, -0.15) is 13.2 Å². The molecule has 0 unspecified atom stereocenters. The number of halogens is 4. The van der Waals surface area contributed by atoms with Gasteiger partial charge < -0.3 is 14.7 Å². The Morgan fingerprint density at radius 1 is 1.28 bits per heavy atom. The fraction of sp³-hybridized carbons (Fsp3) is 0.375. The minimum absolute atomic E-state index is 0.163. The van der Waals surface area contributed by atoms with Crippen LogP contribution in [0.4, 0.5) is 18.9 Å². The summed E-state index contributed by atoms with van der Waals surface area (Å²) in [6.07, 6.45) is -3.14. The molecule has 0 spiro atoms. The van der Waals surface area contributed by atoms with Crippen LogP contribution in [0.25, 0.3) is 0 Å². The second-order valence-electron chi connectivity index (χ2n) is 5.62. The summed E-state index contributed by atoms with van der Waals surface area (Å²) in [5.74, 6) is 0.163. The number of anilines is 1. The molecule has 3 rings (SSSR count). The van der Waals surface area contributed by atoms with Crippen molar-refractivity contribution in [3.63, 3.8) is 0 Å². The second kappa shape index (κ2) is 7.17. The van der Waals surface area contributed by atoms with Crippen LogP contribution >= 0.6 is 15.9 Å². The van der Waals surface area contributed by atoms with Crippen LogP contribution in [0.5, 0.6) is 5.88 Å². The Kier molecular flexibility index (Phi) is 5.14. The minimum Gasteiger partial charge on any atom is -0.472 e. The summed E-state index contributed by atoms with van der Waals surface area (Å²) in [5.41, 5.74) is 0.571. The van der Waals surface area contributed by atoms with Crippen molar-refractivity contribution < 1.29 is 23.0 Å². The third-order valence-electron chi connectivity index (χ3n) is 3.90. The maximum absolute atomic E-state index is 12.5. The van der Waals surface area contributed by atoms with Crippen LogP contribution in [0.15, 0.2) is 35.1 Å². The van der Waals surface area contributed by atoms with E-state index in [1.807, 2.05) is 11.0 Å². The molecule has 3 heterocycles. The molecule has 0 saturated carbocycles. The van der Waals surface area contributed by atoms with Gasteiger partial charge in [-0.1, -0.05) is 0 Å². The Hall–Kier alpha value is -1.87. The number of hydrogen-bond acceptors (Lipinski definition) is 5. The van der Waals surface area contributed by atoms with E-state index in [1.165, 1.54) is 6.07 Å². The Labute approximate surface area is 150 Å². The van der Waals surface area contributed by atoms with E-state index in [2.05, 4.69) is 25.9 Å². The molecule has 0 aliphatic carbocycles. The van der Waals surface area contributed by atoms with Crippen LogP contribution in [0, 0.1) is 0 Å². The summed E-state index contributed by atoms with van der Waals surface area (Å²) in [4.78, 5) is 10.0. The van der Waals surface area contributed by atoms with E-state index in [4.69, 9.17) is 4.74 Å². The van der Waals surface area contributed by atoms with Crippen molar-refractivity contribution in [2.45, 2.75) is 25.3 Å². The molecule has 25 heavy (non-hydrogen) atoms. The standard InChI is InChI=1S/C16H15BrF3N3O2/c17-14-3-2-13(12(9-24)22-14)23-6-5-11(8-23)25-15-4-1-10(7-21-15)16(18,19)20/h1-4,7,11,24H,5-6,8-9H2/t11-/m0/s1. The number of aromatic nitrogens is 2. The first kappa shape index (κ1) is 17.9. The fourth-order valence-corrected chi connectivity index (χ4v) is 3.05. The lowest BCUT2D eigenvalue weighted by molar-refractivity contribution is -0.137. The fourth-order valence-electron chi connectivity index (χ4n) is 2.70. The number of nitrogens with zero attached hydrogens (tertiary/aromatic N) is 3. The predicted molar refractivity (Wildman–Crippen MR) is 88.3 cm³/mol. The minimum atomic E-state index is -4.41. The molecule has 134 valence electrons. The van der Waals surface area contributed by atoms with E-state index >= 15 is 0 Å². The molecule has 2 aromatic rings. The van der Waals surface area contributed by atoms with Crippen molar-refractivity contribution in [2.75, 3.05) is 18.0 Å². The van der Waals surface area contributed by atoms with E-state index in [0.29, 0.717) is 29.8 Å². The van der Waals surface area contributed by atoms with E-state index in [1.54, 1.807) is 6.07 Å². The van der Waals surface area contributed by atoms with Gasteiger partial charge in [0.25, 0.3) is 0 Å². The first-order valence-electron chi connectivity index (χ1n) is 7.58. The van der Waals surface area contributed by atoms with Crippen molar-refractivity contribution in [3.05, 3.63) is 46.3 Å². The van der Waals surface area contributed by atoms with Crippen LogP contribution in [0.2, 0.25) is 0 Å². The summed E-state index contributed by atoms with van der Waals surface area (Å²) < 4.78 is 44.0. The molecule has 9 heteroatoms. The van der Waals surface area contributed by atoms with Gasteiger partial charge >= 0.3 is 6.18 Å². The molecular weight excluding hydrogens is 403 g/mol. The van der Waals surface area contributed by atoms with Crippen LogP contribution in [-0.2, 0) is 12.8 Å². The monoisotopic (exact) mass is 417 g/mol. The lowest BCUT2D eigenvalue weighted by Gasteiger charge is -2.21.